The lowest BCUT2D eigenvalue weighted by Gasteiger charge is -2.07. The molecule has 3 rings (SSSR count). The number of aromatic nitrogens is 2. The molecule has 0 spiro atoms. The Morgan fingerprint density at radius 3 is 2.60 bits per heavy atom. The second-order valence-corrected chi connectivity index (χ2v) is 5.41. The monoisotopic (exact) mass is 338 g/mol. The van der Waals surface area contributed by atoms with Crippen LogP contribution in [0.3, 0.4) is 0 Å². The molecule has 1 aromatic heterocycles. The first kappa shape index (κ1) is 16.7. The van der Waals surface area contributed by atoms with Crippen LogP contribution in [0, 0.1) is 0 Å². The van der Waals surface area contributed by atoms with Crippen LogP contribution in [0.2, 0.25) is 0 Å². The summed E-state index contributed by atoms with van der Waals surface area (Å²) in [5.41, 5.74) is 0.413. The Labute approximate surface area is 144 Å². The lowest BCUT2D eigenvalue weighted by molar-refractivity contribution is -0.144. The smallest absolute Gasteiger partial charge is 0.306 e. The fourth-order valence-electron chi connectivity index (χ4n) is 2.38. The van der Waals surface area contributed by atoms with Gasteiger partial charge in [-0.15, -0.1) is 0 Å². The number of nitrogens with zero attached hydrogens (tertiary/aromatic N) is 1. The first-order valence-corrected chi connectivity index (χ1v) is 8.04. The van der Waals surface area contributed by atoms with Gasteiger partial charge in [0.15, 0.2) is 0 Å². The molecule has 1 N–H and O–H groups in total. The highest BCUT2D eigenvalue weighted by Crippen LogP contribution is 2.08. The van der Waals surface area contributed by atoms with Gasteiger partial charge < -0.3 is 14.5 Å². The number of ether oxygens (including phenoxy) is 2. The molecular weight excluding hydrogens is 320 g/mol. The van der Waals surface area contributed by atoms with Crippen molar-refractivity contribution in [3.63, 3.8) is 0 Å². The molecule has 0 amide bonds. The number of H-pyrrole nitrogens is 1. The summed E-state index contributed by atoms with van der Waals surface area (Å²) in [6, 6.07) is 16.4. The van der Waals surface area contributed by atoms with Crippen LogP contribution >= 0.6 is 0 Å². The second-order valence-electron chi connectivity index (χ2n) is 5.41. The third kappa shape index (κ3) is 4.67. The molecule has 0 unspecified atom stereocenters. The van der Waals surface area contributed by atoms with Crippen LogP contribution in [-0.2, 0) is 16.0 Å². The van der Waals surface area contributed by atoms with Gasteiger partial charge in [-0.05, 0) is 24.3 Å². The molecule has 0 aliphatic carbocycles. The zero-order chi connectivity index (χ0) is 17.5. The zero-order valence-electron chi connectivity index (χ0n) is 13.6. The van der Waals surface area contributed by atoms with Crippen molar-refractivity contribution in [2.24, 2.45) is 0 Å². The Bertz CT molecular complexity index is 906. The molecule has 6 heteroatoms. The molecule has 25 heavy (non-hydrogen) atoms. The molecule has 0 aliphatic rings. The van der Waals surface area contributed by atoms with E-state index in [0.29, 0.717) is 29.8 Å². The van der Waals surface area contributed by atoms with Gasteiger partial charge in [-0.2, -0.15) is 0 Å². The van der Waals surface area contributed by atoms with Gasteiger partial charge in [0.1, 0.15) is 24.8 Å². The predicted molar refractivity (Wildman–Crippen MR) is 93.6 cm³/mol. The fourth-order valence-corrected chi connectivity index (χ4v) is 2.38. The number of hydrogen-bond acceptors (Lipinski definition) is 5. The topological polar surface area (TPSA) is 81.3 Å². The van der Waals surface area contributed by atoms with Crippen LogP contribution < -0.4 is 10.3 Å². The maximum absolute atomic E-state index is 12.0. The number of fused-ring (bicyclic) bond motifs is 1. The van der Waals surface area contributed by atoms with Crippen molar-refractivity contribution in [1.82, 2.24) is 9.97 Å². The normalized spacial score (nSPS) is 10.6. The summed E-state index contributed by atoms with van der Waals surface area (Å²) in [6.45, 7) is 0.468. The summed E-state index contributed by atoms with van der Waals surface area (Å²) in [5.74, 6) is 0.852. The van der Waals surface area contributed by atoms with Gasteiger partial charge in [0.2, 0.25) is 0 Å². The van der Waals surface area contributed by atoms with Gasteiger partial charge >= 0.3 is 5.97 Å². The molecule has 2 aromatic carbocycles. The van der Waals surface area contributed by atoms with Gasteiger partial charge in [-0.1, -0.05) is 30.3 Å². The van der Waals surface area contributed by atoms with E-state index in [1.165, 1.54) is 0 Å². The van der Waals surface area contributed by atoms with E-state index in [0.717, 1.165) is 5.75 Å². The van der Waals surface area contributed by atoms with Crippen LogP contribution in [0.15, 0.2) is 59.4 Å². The largest absolute Gasteiger partial charge is 0.490 e. The van der Waals surface area contributed by atoms with E-state index < -0.39 is 0 Å². The van der Waals surface area contributed by atoms with Gasteiger partial charge in [-0.3, -0.25) is 9.59 Å². The van der Waals surface area contributed by atoms with E-state index in [1.54, 1.807) is 18.2 Å². The first-order valence-electron chi connectivity index (χ1n) is 8.04. The molecule has 0 aliphatic heterocycles. The molecule has 1 heterocycles. The minimum atomic E-state index is -0.354. The van der Waals surface area contributed by atoms with Gasteiger partial charge in [-0.25, -0.2) is 4.98 Å². The molecule has 0 saturated heterocycles. The predicted octanol–water partition coefficient (Wildman–Crippen LogP) is 2.48. The molecule has 0 fully saturated rings. The average molecular weight is 338 g/mol. The van der Waals surface area contributed by atoms with Crippen LogP contribution in [0.1, 0.15) is 12.2 Å². The number of esters is 1. The number of hydrogen-bond donors (Lipinski definition) is 1. The number of aromatic amines is 1. The maximum Gasteiger partial charge on any atom is 0.306 e. The van der Waals surface area contributed by atoms with Crippen molar-refractivity contribution < 1.29 is 14.3 Å². The summed E-state index contributed by atoms with van der Waals surface area (Å²) in [7, 11) is 0. The quantitative estimate of drug-likeness (QED) is 0.529. The summed E-state index contributed by atoms with van der Waals surface area (Å²) >= 11 is 0. The Kier molecular flexibility index (Phi) is 5.41. The van der Waals surface area contributed by atoms with E-state index in [2.05, 4.69) is 9.97 Å². The standard InChI is InChI=1S/C19H18N2O4/c22-18(25-13-12-24-14-6-2-1-3-7-14)11-10-17-20-16-9-5-4-8-15(16)19(23)21-17/h1-9H,10-13H2,(H,20,21,23). The van der Waals surface area contributed by atoms with Crippen molar-refractivity contribution in [1.29, 1.82) is 0 Å². The lowest BCUT2D eigenvalue weighted by atomic mass is 10.2. The molecule has 0 atom stereocenters. The van der Waals surface area contributed by atoms with Crippen LogP contribution in [0.5, 0.6) is 5.75 Å². The molecule has 3 aromatic rings. The molecular formula is C19H18N2O4. The van der Waals surface area contributed by atoms with Crippen LogP contribution in [0.25, 0.3) is 10.9 Å². The Balaban J connectivity index is 1.45. The number of aryl methyl sites for hydroxylation is 1. The Morgan fingerprint density at radius 1 is 1.00 bits per heavy atom. The van der Waals surface area contributed by atoms with Crippen LogP contribution in [-0.4, -0.2) is 29.2 Å². The highest BCUT2D eigenvalue weighted by molar-refractivity contribution is 5.77. The molecule has 6 nitrogen and oxygen atoms in total. The number of para-hydroxylation sites is 2. The molecule has 0 bridgehead atoms. The second kappa shape index (κ2) is 8.10. The average Bonchev–Trinajstić information content (AvgIpc) is 2.64. The highest BCUT2D eigenvalue weighted by atomic mass is 16.6. The van der Waals surface area contributed by atoms with E-state index in [4.69, 9.17) is 9.47 Å². The van der Waals surface area contributed by atoms with E-state index in [-0.39, 0.29) is 24.6 Å². The van der Waals surface area contributed by atoms with E-state index in [9.17, 15) is 9.59 Å². The first-order chi connectivity index (χ1) is 12.2. The zero-order valence-corrected chi connectivity index (χ0v) is 13.6. The molecule has 0 saturated carbocycles. The Morgan fingerprint density at radius 2 is 1.76 bits per heavy atom. The minimum absolute atomic E-state index is 0.145. The lowest BCUT2D eigenvalue weighted by Crippen LogP contribution is -2.15. The Hall–Kier alpha value is -3.15. The van der Waals surface area contributed by atoms with E-state index in [1.807, 2.05) is 36.4 Å². The third-order valence-electron chi connectivity index (χ3n) is 3.59. The maximum atomic E-state index is 12.0. The van der Waals surface area contributed by atoms with Crippen molar-refractivity contribution in [2.45, 2.75) is 12.8 Å². The number of benzene rings is 2. The number of nitrogens with one attached hydrogen (secondary N) is 1. The molecule has 0 radical (unpaired) electrons. The van der Waals surface area contributed by atoms with Gasteiger partial charge in [0, 0.05) is 6.42 Å². The number of carbonyl (C=O) groups is 1. The van der Waals surface area contributed by atoms with Crippen molar-refractivity contribution >= 4 is 16.9 Å². The fraction of sp³-hybridized carbons (Fsp3) is 0.211. The van der Waals surface area contributed by atoms with Gasteiger partial charge in [0.25, 0.3) is 5.56 Å². The van der Waals surface area contributed by atoms with Crippen LogP contribution in [0.4, 0.5) is 0 Å². The van der Waals surface area contributed by atoms with E-state index >= 15 is 0 Å². The van der Waals surface area contributed by atoms with Crippen molar-refractivity contribution in [3.05, 3.63) is 70.8 Å². The summed E-state index contributed by atoms with van der Waals surface area (Å²) < 4.78 is 10.6. The number of rotatable bonds is 7. The third-order valence-corrected chi connectivity index (χ3v) is 3.59. The highest BCUT2D eigenvalue weighted by Gasteiger charge is 2.07. The summed E-state index contributed by atoms with van der Waals surface area (Å²) in [6.07, 6.45) is 0.463. The molecule has 128 valence electrons. The van der Waals surface area contributed by atoms with Crippen molar-refractivity contribution in [3.8, 4) is 5.75 Å². The van der Waals surface area contributed by atoms with Gasteiger partial charge in [0.05, 0.1) is 17.3 Å². The summed E-state index contributed by atoms with van der Waals surface area (Å²) in [5, 5.41) is 0.534. The summed E-state index contributed by atoms with van der Waals surface area (Å²) in [4.78, 5) is 30.8. The van der Waals surface area contributed by atoms with Crippen molar-refractivity contribution in [2.75, 3.05) is 13.2 Å². The number of carbonyl (C=O) groups excluding carboxylic acids is 1. The SMILES string of the molecule is O=C(CCc1nc2ccccc2c(=O)[nH]1)OCCOc1ccccc1. The minimum Gasteiger partial charge on any atom is -0.490 e.